The number of rotatable bonds is 8. The van der Waals surface area contributed by atoms with E-state index in [0.717, 1.165) is 6.42 Å². The zero-order chi connectivity index (χ0) is 12.8. The SMILES string of the molecule is CCCNC(CC(C)C)(CC(C)C)C(F)F. The van der Waals surface area contributed by atoms with E-state index in [1.54, 1.807) is 0 Å². The molecule has 0 rings (SSSR count). The molecule has 0 spiro atoms. The average Bonchev–Trinajstić information content (AvgIpc) is 2.11. The molecule has 0 aliphatic rings. The smallest absolute Gasteiger partial charge is 0.256 e. The summed E-state index contributed by atoms with van der Waals surface area (Å²) in [4.78, 5) is 0. The van der Waals surface area contributed by atoms with Gasteiger partial charge >= 0.3 is 0 Å². The van der Waals surface area contributed by atoms with Crippen molar-refractivity contribution in [2.24, 2.45) is 11.8 Å². The summed E-state index contributed by atoms with van der Waals surface area (Å²) in [6, 6.07) is 0. The van der Waals surface area contributed by atoms with E-state index in [1.165, 1.54) is 0 Å². The molecule has 0 aromatic rings. The van der Waals surface area contributed by atoms with Gasteiger partial charge in [-0.1, -0.05) is 34.6 Å². The topological polar surface area (TPSA) is 12.0 Å². The van der Waals surface area contributed by atoms with E-state index in [0.29, 0.717) is 19.4 Å². The van der Waals surface area contributed by atoms with Crippen LogP contribution in [0, 0.1) is 11.8 Å². The summed E-state index contributed by atoms with van der Waals surface area (Å²) < 4.78 is 26.7. The Labute approximate surface area is 99.0 Å². The van der Waals surface area contributed by atoms with Crippen LogP contribution in [0.25, 0.3) is 0 Å². The van der Waals surface area contributed by atoms with Gasteiger partial charge in [0, 0.05) is 0 Å². The summed E-state index contributed by atoms with van der Waals surface area (Å²) in [5.41, 5.74) is -0.988. The first-order valence-electron chi connectivity index (χ1n) is 6.37. The van der Waals surface area contributed by atoms with Gasteiger partial charge in [-0.15, -0.1) is 0 Å². The van der Waals surface area contributed by atoms with Gasteiger partial charge in [0.05, 0.1) is 5.54 Å². The van der Waals surface area contributed by atoms with Crippen molar-refractivity contribution in [2.45, 2.75) is 65.8 Å². The van der Waals surface area contributed by atoms with Crippen LogP contribution < -0.4 is 5.32 Å². The monoisotopic (exact) mass is 235 g/mol. The quantitative estimate of drug-likeness (QED) is 0.668. The molecule has 0 aromatic heterocycles. The van der Waals surface area contributed by atoms with Crippen LogP contribution in [0.3, 0.4) is 0 Å². The summed E-state index contributed by atoms with van der Waals surface area (Å²) in [6.45, 7) is 10.7. The van der Waals surface area contributed by atoms with E-state index in [1.807, 2.05) is 34.6 Å². The van der Waals surface area contributed by atoms with Gasteiger partial charge < -0.3 is 5.32 Å². The average molecular weight is 235 g/mol. The lowest BCUT2D eigenvalue weighted by Crippen LogP contribution is -2.53. The Balaban J connectivity index is 4.73. The molecule has 0 atom stereocenters. The molecule has 0 unspecified atom stereocenters. The Morgan fingerprint density at radius 2 is 1.44 bits per heavy atom. The fourth-order valence-electron chi connectivity index (χ4n) is 2.31. The number of hydrogen-bond donors (Lipinski definition) is 1. The van der Waals surface area contributed by atoms with E-state index >= 15 is 0 Å². The molecule has 0 saturated carbocycles. The standard InChI is InChI=1S/C13H27F2N/c1-6-7-16-13(12(14)15,8-10(2)3)9-11(4)5/h10-12,16H,6-9H2,1-5H3. The molecule has 16 heavy (non-hydrogen) atoms. The number of alkyl halides is 2. The van der Waals surface area contributed by atoms with Gasteiger partial charge in [-0.2, -0.15) is 0 Å². The zero-order valence-electron chi connectivity index (χ0n) is 11.3. The van der Waals surface area contributed by atoms with Crippen molar-refractivity contribution in [1.82, 2.24) is 5.32 Å². The van der Waals surface area contributed by atoms with Gasteiger partial charge in [0.2, 0.25) is 0 Å². The molecule has 3 heteroatoms. The minimum Gasteiger partial charge on any atom is -0.306 e. The van der Waals surface area contributed by atoms with Crippen LogP contribution in [0.2, 0.25) is 0 Å². The van der Waals surface area contributed by atoms with Gasteiger partial charge in [0.25, 0.3) is 6.43 Å². The van der Waals surface area contributed by atoms with Crippen LogP contribution in [0.15, 0.2) is 0 Å². The summed E-state index contributed by atoms with van der Waals surface area (Å²) in [6.07, 6.45) is -0.306. The molecule has 0 heterocycles. The Morgan fingerprint density at radius 3 is 1.69 bits per heavy atom. The minimum absolute atomic E-state index is 0.289. The maximum absolute atomic E-state index is 13.3. The second-order valence-electron chi connectivity index (χ2n) is 5.58. The van der Waals surface area contributed by atoms with E-state index in [9.17, 15) is 8.78 Å². The molecule has 98 valence electrons. The second kappa shape index (κ2) is 7.21. The lowest BCUT2D eigenvalue weighted by Gasteiger charge is -2.37. The van der Waals surface area contributed by atoms with E-state index in [2.05, 4.69) is 5.32 Å². The molecule has 0 radical (unpaired) electrons. The van der Waals surface area contributed by atoms with Crippen molar-refractivity contribution in [3.8, 4) is 0 Å². The Morgan fingerprint density at radius 1 is 1.00 bits per heavy atom. The summed E-state index contributed by atoms with van der Waals surface area (Å²) >= 11 is 0. The van der Waals surface area contributed by atoms with E-state index in [4.69, 9.17) is 0 Å². The second-order valence-corrected chi connectivity index (χ2v) is 5.58. The molecule has 0 aromatic carbocycles. The molecule has 0 saturated heterocycles. The van der Waals surface area contributed by atoms with Crippen molar-refractivity contribution in [3.05, 3.63) is 0 Å². The molecule has 0 amide bonds. The largest absolute Gasteiger partial charge is 0.306 e. The maximum atomic E-state index is 13.3. The molecule has 0 aliphatic heterocycles. The lowest BCUT2D eigenvalue weighted by molar-refractivity contribution is 0.00424. The van der Waals surface area contributed by atoms with Crippen molar-refractivity contribution in [1.29, 1.82) is 0 Å². The highest BCUT2D eigenvalue weighted by molar-refractivity contribution is 4.92. The van der Waals surface area contributed by atoms with Crippen LogP contribution in [0.5, 0.6) is 0 Å². The normalized spacial score (nSPS) is 13.1. The van der Waals surface area contributed by atoms with E-state index in [-0.39, 0.29) is 11.8 Å². The van der Waals surface area contributed by atoms with Gasteiger partial charge in [0.15, 0.2) is 0 Å². The van der Waals surface area contributed by atoms with Crippen LogP contribution in [-0.4, -0.2) is 18.5 Å². The molecular weight excluding hydrogens is 208 g/mol. The van der Waals surface area contributed by atoms with Gasteiger partial charge in [-0.25, -0.2) is 8.78 Å². The first-order valence-corrected chi connectivity index (χ1v) is 6.37. The fraction of sp³-hybridized carbons (Fsp3) is 1.00. The molecule has 1 nitrogen and oxygen atoms in total. The number of nitrogens with one attached hydrogen (secondary N) is 1. The first kappa shape index (κ1) is 15.8. The van der Waals surface area contributed by atoms with Crippen molar-refractivity contribution in [3.63, 3.8) is 0 Å². The highest BCUT2D eigenvalue weighted by Gasteiger charge is 2.40. The third-order valence-electron chi connectivity index (χ3n) is 2.69. The summed E-state index contributed by atoms with van der Waals surface area (Å²) in [7, 11) is 0. The Bertz CT molecular complexity index is 169. The maximum Gasteiger partial charge on any atom is 0.256 e. The van der Waals surface area contributed by atoms with Crippen LogP contribution in [-0.2, 0) is 0 Å². The summed E-state index contributed by atoms with van der Waals surface area (Å²) in [5, 5.41) is 3.10. The Kier molecular flexibility index (Phi) is 7.12. The first-order chi connectivity index (χ1) is 7.34. The molecule has 0 aliphatic carbocycles. The van der Waals surface area contributed by atoms with Gasteiger partial charge in [0.1, 0.15) is 0 Å². The lowest BCUT2D eigenvalue weighted by atomic mass is 9.82. The van der Waals surface area contributed by atoms with E-state index < -0.39 is 12.0 Å². The van der Waals surface area contributed by atoms with Crippen molar-refractivity contribution >= 4 is 0 Å². The highest BCUT2D eigenvalue weighted by atomic mass is 19.3. The van der Waals surface area contributed by atoms with Crippen LogP contribution in [0.4, 0.5) is 8.78 Å². The molecule has 1 N–H and O–H groups in total. The zero-order valence-corrected chi connectivity index (χ0v) is 11.3. The fourth-order valence-corrected chi connectivity index (χ4v) is 2.31. The van der Waals surface area contributed by atoms with Gasteiger partial charge in [-0.3, -0.25) is 0 Å². The third-order valence-corrected chi connectivity index (χ3v) is 2.69. The van der Waals surface area contributed by atoms with Crippen molar-refractivity contribution < 1.29 is 8.78 Å². The highest BCUT2D eigenvalue weighted by Crippen LogP contribution is 2.31. The third kappa shape index (κ3) is 5.24. The molecule has 0 bridgehead atoms. The molecule has 0 fully saturated rings. The van der Waals surface area contributed by atoms with Crippen molar-refractivity contribution in [2.75, 3.05) is 6.54 Å². The van der Waals surface area contributed by atoms with Crippen LogP contribution in [0.1, 0.15) is 53.9 Å². The summed E-state index contributed by atoms with van der Waals surface area (Å²) in [5.74, 6) is 0.578. The van der Waals surface area contributed by atoms with Crippen LogP contribution >= 0.6 is 0 Å². The predicted octanol–water partition coefficient (Wildman–Crippen LogP) is 4.08. The predicted molar refractivity (Wildman–Crippen MR) is 65.9 cm³/mol. The number of halogens is 2. The Hall–Kier alpha value is -0.180. The number of hydrogen-bond acceptors (Lipinski definition) is 1. The van der Waals surface area contributed by atoms with Gasteiger partial charge in [-0.05, 0) is 37.6 Å². The molecular formula is C13H27F2N. The minimum atomic E-state index is -2.29.